The summed E-state index contributed by atoms with van der Waals surface area (Å²) in [5.41, 5.74) is 5.79. The van der Waals surface area contributed by atoms with Gasteiger partial charge in [0.15, 0.2) is 17.1 Å². The summed E-state index contributed by atoms with van der Waals surface area (Å²) in [4.78, 5) is 7.63. The van der Waals surface area contributed by atoms with E-state index in [4.69, 9.17) is 14.2 Å². The normalized spacial score (nSPS) is 11.2. The second-order valence-electron chi connectivity index (χ2n) is 5.80. The average Bonchev–Trinajstić information content (AvgIpc) is 3.10. The number of H-pyrrole nitrogens is 1. The Balaban J connectivity index is 1.60. The van der Waals surface area contributed by atoms with E-state index in [-0.39, 0.29) is 5.95 Å². The van der Waals surface area contributed by atoms with E-state index in [1.54, 1.807) is 33.6 Å². The smallest absolute Gasteiger partial charge is 0.265 e. The van der Waals surface area contributed by atoms with Gasteiger partial charge in [0.05, 0.1) is 27.5 Å². The molecule has 0 saturated carbocycles. The molecule has 0 aliphatic heterocycles. The van der Waals surface area contributed by atoms with Gasteiger partial charge in [-0.2, -0.15) is 10.1 Å². The van der Waals surface area contributed by atoms with Crippen molar-refractivity contribution >= 4 is 34.2 Å². The Morgan fingerprint density at radius 2 is 1.79 bits per heavy atom. The first-order valence-electron chi connectivity index (χ1n) is 8.44. The van der Waals surface area contributed by atoms with Crippen LogP contribution in [0.2, 0.25) is 0 Å². The van der Waals surface area contributed by atoms with Crippen molar-refractivity contribution in [3.63, 3.8) is 0 Å². The fourth-order valence-corrected chi connectivity index (χ4v) is 2.95. The monoisotopic (exact) mass is 378 g/mol. The Morgan fingerprint density at radius 1 is 0.964 bits per heavy atom. The first kappa shape index (κ1) is 17.5. The molecule has 0 saturated heterocycles. The van der Waals surface area contributed by atoms with E-state index in [1.165, 1.54) is 0 Å². The number of aromatic nitrogens is 4. The molecule has 2 aromatic heterocycles. The summed E-state index contributed by atoms with van der Waals surface area (Å²) in [6.45, 7) is 0. The number of rotatable bonds is 6. The zero-order valence-electron chi connectivity index (χ0n) is 15.6. The van der Waals surface area contributed by atoms with Crippen molar-refractivity contribution in [1.29, 1.82) is 0 Å². The van der Waals surface area contributed by atoms with Crippen LogP contribution in [0, 0.1) is 0 Å². The third-order valence-corrected chi connectivity index (χ3v) is 4.22. The van der Waals surface area contributed by atoms with Gasteiger partial charge in [-0.05, 0) is 18.2 Å². The van der Waals surface area contributed by atoms with Gasteiger partial charge < -0.3 is 19.2 Å². The van der Waals surface area contributed by atoms with E-state index in [0.717, 1.165) is 10.9 Å². The number of anilines is 1. The molecule has 0 amide bonds. The molecule has 2 N–H and O–H groups in total. The fourth-order valence-electron chi connectivity index (χ4n) is 2.95. The van der Waals surface area contributed by atoms with Gasteiger partial charge in [0, 0.05) is 16.5 Å². The summed E-state index contributed by atoms with van der Waals surface area (Å²) in [6, 6.07) is 11.4. The lowest BCUT2D eigenvalue weighted by molar-refractivity contribution is 0.324. The van der Waals surface area contributed by atoms with Gasteiger partial charge in [0.1, 0.15) is 5.52 Å². The molecule has 4 rings (SSSR count). The molecular formula is C19H18N6O3. The topological polar surface area (TPSA) is 107 Å². The van der Waals surface area contributed by atoms with Gasteiger partial charge in [-0.25, -0.2) is 5.43 Å². The average molecular weight is 378 g/mol. The maximum Gasteiger partial charge on any atom is 0.265 e. The Bertz CT molecular complexity index is 1170. The zero-order chi connectivity index (χ0) is 19.5. The third kappa shape index (κ3) is 3.02. The number of aromatic amines is 1. The number of hydrazone groups is 1. The molecule has 28 heavy (non-hydrogen) atoms. The Labute approximate surface area is 160 Å². The van der Waals surface area contributed by atoms with Crippen molar-refractivity contribution in [3.05, 3.63) is 42.0 Å². The number of benzene rings is 2. The van der Waals surface area contributed by atoms with Crippen molar-refractivity contribution in [3.8, 4) is 17.2 Å². The van der Waals surface area contributed by atoms with Gasteiger partial charge in [-0.1, -0.05) is 18.2 Å². The maximum atomic E-state index is 5.43. The van der Waals surface area contributed by atoms with Crippen molar-refractivity contribution in [1.82, 2.24) is 20.2 Å². The predicted octanol–water partition coefficient (Wildman–Crippen LogP) is 2.98. The van der Waals surface area contributed by atoms with Crippen LogP contribution < -0.4 is 19.6 Å². The molecule has 142 valence electrons. The van der Waals surface area contributed by atoms with Crippen molar-refractivity contribution in [2.24, 2.45) is 5.10 Å². The van der Waals surface area contributed by atoms with E-state index in [0.29, 0.717) is 34.0 Å². The van der Waals surface area contributed by atoms with Crippen molar-refractivity contribution in [2.75, 3.05) is 26.8 Å². The van der Waals surface area contributed by atoms with Gasteiger partial charge >= 0.3 is 0 Å². The number of methoxy groups -OCH3 is 3. The molecule has 2 aromatic carbocycles. The summed E-state index contributed by atoms with van der Waals surface area (Å²) in [7, 11) is 4.67. The van der Waals surface area contributed by atoms with Gasteiger partial charge in [-0.3, -0.25) is 0 Å². The molecule has 0 bridgehead atoms. The minimum Gasteiger partial charge on any atom is -0.493 e. The van der Waals surface area contributed by atoms with Crippen LogP contribution >= 0.6 is 0 Å². The standard InChI is InChI=1S/C19H18N6O3/c1-26-14-9-8-11(16(27-2)17(14)28-3)10-20-24-19-22-18-15(23-25-19)12-6-4-5-7-13(12)21-18/h4-10H,1-3H3,(H2,21,22,24,25)/b20-10+. The molecule has 0 atom stereocenters. The molecule has 0 spiro atoms. The summed E-state index contributed by atoms with van der Waals surface area (Å²) in [5.74, 6) is 1.85. The molecule has 0 fully saturated rings. The van der Waals surface area contributed by atoms with Crippen molar-refractivity contribution < 1.29 is 14.2 Å². The van der Waals surface area contributed by atoms with Crippen LogP contribution in [0.1, 0.15) is 5.56 Å². The number of para-hydroxylation sites is 1. The predicted molar refractivity (Wildman–Crippen MR) is 107 cm³/mol. The summed E-state index contributed by atoms with van der Waals surface area (Å²) in [5, 5.41) is 13.5. The molecule has 0 radical (unpaired) electrons. The third-order valence-electron chi connectivity index (χ3n) is 4.22. The lowest BCUT2D eigenvalue weighted by Gasteiger charge is -2.13. The molecule has 2 heterocycles. The molecule has 9 nitrogen and oxygen atoms in total. The second kappa shape index (κ2) is 7.39. The van der Waals surface area contributed by atoms with Crippen LogP contribution in [0.15, 0.2) is 41.5 Å². The molecule has 0 aliphatic carbocycles. The molecule has 4 aromatic rings. The van der Waals surface area contributed by atoms with Gasteiger partial charge in [0.25, 0.3) is 5.95 Å². The number of hydrogen-bond donors (Lipinski definition) is 2. The first-order valence-corrected chi connectivity index (χ1v) is 8.44. The number of nitrogens with one attached hydrogen (secondary N) is 2. The lowest BCUT2D eigenvalue weighted by Crippen LogP contribution is -2.01. The minimum atomic E-state index is 0.273. The Hall–Kier alpha value is -3.88. The van der Waals surface area contributed by atoms with E-state index < -0.39 is 0 Å². The number of ether oxygens (including phenoxy) is 3. The van der Waals surface area contributed by atoms with E-state index in [1.807, 2.05) is 30.3 Å². The van der Waals surface area contributed by atoms with E-state index >= 15 is 0 Å². The Kier molecular flexibility index (Phi) is 4.63. The number of fused-ring (bicyclic) bond motifs is 3. The summed E-state index contributed by atoms with van der Waals surface area (Å²) < 4.78 is 16.1. The van der Waals surface area contributed by atoms with Crippen LogP contribution in [0.25, 0.3) is 22.1 Å². The summed E-state index contributed by atoms with van der Waals surface area (Å²) >= 11 is 0. The minimum absolute atomic E-state index is 0.273. The second-order valence-corrected chi connectivity index (χ2v) is 5.80. The quantitative estimate of drug-likeness (QED) is 0.392. The summed E-state index contributed by atoms with van der Waals surface area (Å²) in [6.07, 6.45) is 1.58. The molecular weight excluding hydrogens is 360 g/mol. The van der Waals surface area contributed by atoms with Crippen LogP contribution in [0.4, 0.5) is 5.95 Å². The Morgan fingerprint density at radius 3 is 2.57 bits per heavy atom. The first-order chi connectivity index (χ1) is 13.7. The number of nitrogens with zero attached hydrogens (tertiary/aromatic N) is 4. The fraction of sp³-hybridized carbons (Fsp3) is 0.158. The molecule has 9 heteroatoms. The highest BCUT2D eigenvalue weighted by molar-refractivity contribution is 6.03. The highest BCUT2D eigenvalue weighted by Crippen LogP contribution is 2.39. The van der Waals surface area contributed by atoms with E-state index in [9.17, 15) is 0 Å². The molecule has 0 aliphatic rings. The van der Waals surface area contributed by atoms with Gasteiger partial charge in [-0.15, -0.1) is 10.2 Å². The highest BCUT2D eigenvalue weighted by atomic mass is 16.5. The number of hydrogen-bond acceptors (Lipinski definition) is 8. The largest absolute Gasteiger partial charge is 0.493 e. The zero-order valence-corrected chi connectivity index (χ0v) is 15.6. The van der Waals surface area contributed by atoms with Crippen LogP contribution in [-0.4, -0.2) is 47.7 Å². The van der Waals surface area contributed by atoms with Crippen LogP contribution in [0.5, 0.6) is 17.2 Å². The lowest BCUT2D eigenvalue weighted by atomic mass is 10.2. The van der Waals surface area contributed by atoms with Gasteiger partial charge in [0.2, 0.25) is 5.75 Å². The highest BCUT2D eigenvalue weighted by Gasteiger charge is 2.14. The van der Waals surface area contributed by atoms with E-state index in [2.05, 4.69) is 30.7 Å². The van der Waals surface area contributed by atoms with Crippen LogP contribution in [-0.2, 0) is 0 Å². The molecule has 0 unspecified atom stereocenters. The SMILES string of the molecule is COc1ccc(/C=N/Nc2nnc3c(n2)[nH]c2ccccc23)c(OC)c1OC. The van der Waals surface area contributed by atoms with Crippen molar-refractivity contribution in [2.45, 2.75) is 0 Å². The van der Waals surface area contributed by atoms with Crippen LogP contribution in [0.3, 0.4) is 0 Å². The maximum absolute atomic E-state index is 5.43.